The van der Waals surface area contributed by atoms with Crippen LogP contribution in [0.3, 0.4) is 0 Å². The minimum atomic E-state index is -4.02. The fourth-order valence-electron chi connectivity index (χ4n) is 4.17. The highest BCUT2D eigenvalue weighted by Crippen LogP contribution is 2.30. The Balaban J connectivity index is 1.59. The second-order valence-corrected chi connectivity index (χ2v) is 10.1. The molecule has 1 unspecified atom stereocenters. The molecule has 2 amide bonds. The maximum Gasteiger partial charge on any atom is 0.409 e. The van der Waals surface area contributed by atoms with Gasteiger partial charge in [-0.25, -0.2) is 17.9 Å². The smallest absolute Gasteiger partial charge is 0.409 e. The van der Waals surface area contributed by atoms with Crippen LogP contribution >= 0.6 is 0 Å². The van der Waals surface area contributed by atoms with Gasteiger partial charge in [0.1, 0.15) is 11.0 Å². The summed E-state index contributed by atoms with van der Waals surface area (Å²) in [4.78, 5) is 23.8. The normalized spacial score (nSPS) is 15.2. The number of allylic oxidation sites excluding steroid dienone is 3. The SMILES string of the molecule is C=C1C=CC=CC1S(=O)(=O)NC(=O)c1ccc(Cc2cn(C)c3ccc(NC(=O)O)cc23)c(OC)c1. The maximum absolute atomic E-state index is 12.8. The summed E-state index contributed by atoms with van der Waals surface area (Å²) in [5.41, 5.74) is 3.57. The fourth-order valence-corrected chi connectivity index (χ4v) is 5.45. The Morgan fingerprint density at radius 2 is 1.92 bits per heavy atom. The lowest BCUT2D eigenvalue weighted by Gasteiger charge is -2.17. The zero-order valence-corrected chi connectivity index (χ0v) is 20.5. The number of carbonyl (C=O) groups excluding carboxylic acids is 1. The number of nitrogens with zero attached hydrogens (tertiary/aromatic N) is 1. The Morgan fingerprint density at radius 3 is 2.61 bits per heavy atom. The number of aromatic nitrogens is 1. The van der Waals surface area contributed by atoms with Crippen LogP contribution in [0.15, 0.2) is 79.1 Å². The molecule has 1 aromatic heterocycles. The quantitative estimate of drug-likeness (QED) is 0.444. The van der Waals surface area contributed by atoms with Gasteiger partial charge in [-0.15, -0.1) is 0 Å². The number of hydrogen-bond acceptors (Lipinski definition) is 5. The molecule has 3 aromatic rings. The molecule has 1 heterocycles. The van der Waals surface area contributed by atoms with Crippen molar-refractivity contribution < 1.29 is 27.9 Å². The third kappa shape index (κ3) is 5.03. The molecule has 0 bridgehead atoms. The molecule has 186 valence electrons. The second kappa shape index (κ2) is 9.74. The molecule has 0 fully saturated rings. The standard InChI is InChI=1S/C26H25N3O6S/c1-16-6-4-5-7-24(16)36(33,34)28-25(30)18-9-8-17(23(13-18)35-3)12-19-15-29(2)22-11-10-20(14-21(19)22)27-26(31)32/h4-11,13-15,24,27H,1,12H2,2-3H3,(H,28,30)(H,31,32). The van der Waals surface area contributed by atoms with E-state index in [0.29, 0.717) is 23.4 Å². The molecule has 0 saturated heterocycles. The number of fused-ring (bicyclic) bond motifs is 1. The van der Waals surface area contributed by atoms with E-state index in [2.05, 4.69) is 16.6 Å². The topological polar surface area (TPSA) is 127 Å². The number of benzene rings is 2. The van der Waals surface area contributed by atoms with Crippen LogP contribution in [0, 0.1) is 0 Å². The molecule has 1 atom stereocenters. The van der Waals surface area contributed by atoms with Crippen molar-refractivity contribution in [3.63, 3.8) is 0 Å². The number of methoxy groups -OCH3 is 1. The molecule has 1 aliphatic rings. The molecule has 0 aliphatic heterocycles. The number of sulfonamides is 1. The van der Waals surface area contributed by atoms with Gasteiger partial charge in [-0.2, -0.15) is 0 Å². The van der Waals surface area contributed by atoms with Gasteiger partial charge in [-0.1, -0.05) is 36.9 Å². The van der Waals surface area contributed by atoms with E-state index < -0.39 is 27.3 Å². The van der Waals surface area contributed by atoms with Crippen LogP contribution in [-0.4, -0.2) is 42.5 Å². The lowest BCUT2D eigenvalue weighted by molar-refractivity contribution is 0.0981. The van der Waals surface area contributed by atoms with Crippen molar-refractivity contribution in [2.24, 2.45) is 7.05 Å². The lowest BCUT2D eigenvalue weighted by Crippen LogP contribution is -2.38. The van der Waals surface area contributed by atoms with E-state index >= 15 is 0 Å². The number of nitrogens with one attached hydrogen (secondary N) is 2. The van der Waals surface area contributed by atoms with Crippen molar-refractivity contribution in [3.8, 4) is 5.75 Å². The van der Waals surface area contributed by atoms with E-state index in [-0.39, 0.29) is 5.56 Å². The average molecular weight is 508 g/mol. The molecule has 9 nitrogen and oxygen atoms in total. The van der Waals surface area contributed by atoms with Gasteiger partial charge in [0.15, 0.2) is 0 Å². The summed E-state index contributed by atoms with van der Waals surface area (Å²) in [7, 11) is -0.654. The van der Waals surface area contributed by atoms with E-state index in [0.717, 1.165) is 22.0 Å². The maximum atomic E-state index is 12.8. The molecule has 0 spiro atoms. The largest absolute Gasteiger partial charge is 0.496 e. The van der Waals surface area contributed by atoms with Gasteiger partial charge in [-0.05, 0) is 47.0 Å². The number of rotatable bonds is 7. The third-order valence-electron chi connectivity index (χ3n) is 5.90. The Labute approximate surface area is 208 Å². The number of amides is 2. The van der Waals surface area contributed by atoms with Crippen LogP contribution in [0.1, 0.15) is 21.5 Å². The van der Waals surface area contributed by atoms with Gasteiger partial charge < -0.3 is 14.4 Å². The van der Waals surface area contributed by atoms with E-state index in [1.807, 2.05) is 23.9 Å². The Hall–Kier alpha value is -4.31. The summed E-state index contributed by atoms with van der Waals surface area (Å²) in [6, 6.07) is 10.0. The Morgan fingerprint density at radius 1 is 1.14 bits per heavy atom. The summed E-state index contributed by atoms with van der Waals surface area (Å²) in [6.07, 6.45) is 7.55. The van der Waals surface area contributed by atoms with Crippen LogP contribution in [0.4, 0.5) is 10.5 Å². The zero-order chi connectivity index (χ0) is 26.0. The van der Waals surface area contributed by atoms with Crippen molar-refractivity contribution in [3.05, 3.63) is 95.7 Å². The molecular formula is C26H25N3O6S. The van der Waals surface area contributed by atoms with Gasteiger partial charge >= 0.3 is 6.09 Å². The third-order valence-corrected chi connectivity index (χ3v) is 7.49. The number of carboxylic acid groups (broad SMARTS) is 1. The number of carbonyl (C=O) groups is 2. The average Bonchev–Trinajstić information content (AvgIpc) is 3.13. The van der Waals surface area contributed by atoms with Crippen molar-refractivity contribution in [2.75, 3.05) is 12.4 Å². The zero-order valence-electron chi connectivity index (χ0n) is 19.7. The van der Waals surface area contributed by atoms with Gasteiger partial charge in [0.25, 0.3) is 5.91 Å². The van der Waals surface area contributed by atoms with Crippen LogP contribution in [0.5, 0.6) is 5.75 Å². The first-order valence-corrected chi connectivity index (χ1v) is 12.5. The Bertz CT molecular complexity index is 1550. The highest BCUT2D eigenvalue weighted by Gasteiger charge is 2.28. The van der Waals surface area contributed by atoms with Crippen molar-refractivity contribution >= 4 is 38.6 Å². The molecule has 0 radical (unpaired) electrons. The van der Waals surface area contributed by atoms with Crippen molar-refractivity contribution in [1.82, 2.24) is 9.29 Å². The highest BCUT2D eigenvalue weighted by atomic mass is 32.2. The van der Waals surface area contributed by atoms with Gasteiger partial charge in [0.05, 0.1) is 7.11 Å². The number of ether oxygens (including phenoxy) is 1. The Kier molecular flexibility index (Phi) is 6.71. The predicted octanol–water partition coefficient (Wildman–Crippen LogP) is 3.98. The van der Waals surface area contributed by atoms with E-state index in [1.165, 1.54) is 25.3 Å². The predicted molar refractivity (Wildman–Crippen MR) is 138 cm³/mol. The van der Waals surface area contributed by atoms with Crippen molar-refractivity contribution in [1.29, 1.82) is 0 Å². The fraction of sp³-hybridized carbons (Fsp3) is 0.154. The lowest BCUT2D eigenvalue weighted by atomic mass is 10.0. The first-order valence-electron chi connectivity index (χ1n) is 10.9. The number of anilines is 1. The molecular weight excluding hydrogens is 482 g/mol. The minimum absolute atomic E-state index is 0.131. The highest BCUT2D eigenvalue weighted by molar-refractivity contribution is 7.91. The second-order valence-electron chi connectivity index (χ2n) is 8.35. The molecule has 0 saturated carbocycles. The number of hydrogen-bond donors (Lipinski definition) is 3. The minimum Gasteiger partial charge on any atom is -0.496 e. The molecule has 1 aliphatic carbocycles. The van der Waals surface area contributed by atoms with Crippen LogP contribution in [0.2, 0.25) is 0 Å². The van der Waals surface area contributed by atoms with Gasteiger partial charge in [0, 0.05) is 41.8 Å². The molecule has 10 heteroatoms. The molecule has 2 aromatic carbocycles. The first kappa shape index (κ1) is 24.8. The van der Waals surface area contributed by atoms with Crippen LogP contribution < -0.4 is 14.8 Å². The molecule has 3 N–H and O–H groups in total. The van der Waals surface area contributed by atoms with Crippen molar-refractivity contribution in [2.45, 2.75) is 11.7 Å². The first-order chi connectivity index (χ1) is 17.1. The molecule has 4 rings (SSSR count). The van der Waals surface area contributed by atoms with Gasteiger partial charge in [0.2, 0.25) is 10.0 Å². The van der Waals surface area contributed by atoms with Gasteiger partial charge in [-0.3, -0.25) is 10.1 Å². The monoisotopic (exact) mass is 507 g/mol. The van der Waals surface area contributed by atoms with Crippen LogP contribution in [-0.2, 0) is 23.5 Å². The van der Waals surface area contributed by atoms with E-state index in [4.69, 9.17) is 9.84 Å². The van der Waals surface area contributed by atoms with E-state index in [1.54, 1.807) is 36.4 Å². The number of aryl methyl sites for hydroxylation is 1. The summed E-state index contributed by atoms with van der Waals surface area (Å²) >= 11 is 0. The van der Waals surface area contributed by atoms with E-state index in [9.17, 15) is 18.0 Å². The van der Waals surface area contributed by atoms with Crippen LogP contribution in [0.25, 0.3) is 10.9 Å². The summed E-state index contributed by atoms with van der Waals surface area (Å²) in [5.74, 6) is -0.355. The summed E-state index contributed by atoms with van der Waals surface area (Å²) in [5, 5.41) is 11.2. The summed E-state index contributed by atoms with van der Waals surface area (Å²) < 4.78 is 35.0. The summed E-state index contributed by atoms with van der Waals surface area (Å²) in [6.45, 7) is 3.74. The molecule has 36 heavy (non-hydrogen) atoms.